The molecule has 0 saturated heterocycles. The van der Waals surface area contributed by atoms with Crippen LogP contribution >= 0.6 is 11.3 Å². The molecule has 0 unspecified atom stereocenters. The van der Waals surface area contributed by atoms with Crippen molar-refractivity contribution in [1.82, 2.24) is 10.3 Å². The van der Waals surface area contributed by atoms with E-state index in [4.69, 9.17) is 4.74 Å². The maximum absolute atomic E-state index is 12.5. The van der Waals surface area contributed by atoms with Crippen molar-refractivity contribution < 1.29 is 14.3 Å². The first kappa shape index (κ1) is 15.7. The molecule has 0 aliphatic carbocycles. The number of carbonyl (C=O) groups is 2. The van der Waals surface area contributed by atoms with Crippen LogP contribution in [0.25, 0.3) is 0 Å². The summed E-state index contributed by atoms with van der Waals surface area (Å²) in [5.41, 5.74) is 1.68. The van der Waals surface area contributed by atoms with E-state index in [2.05, 4.69) is 10.3 Å². The molecule has 1 aliphatic rings. The zero-order valence-corrected chi connectivity index (χ0v) is 14.1. The highest BCUT2D eigenvalue weighted by Crippen LogP contribution is 2.25. The topological polar surface area (TPSA) is 68.3 Å². The van der Waals surface area contributed by atoms with Crippen molar-refractivity contribution in [3.05, 3.63) is 51.5 Å². The van der Waals surface area contributed by atoms with Crippen LogP contribution in [0.2, 0.25) is 0 Å². The van der Waals surface area contributed by atoms with Crippen LogP contribution in [0.3, 0.4) is 0 Å². The van der Waals surface area contributed by atoms with Gasteiger partial charge in [0.05, 0.1) is 11.1 Å². The van der Waals surface area contributed by atoms with Gasteiger partial charge in [0, 0.05) is 17.5 Å². The highest BCUT2D eigenvalue weighted by atomic mass is 32.1. The maximum Gasteiger partial charge on any atom is 0.339 e. The van der Waals surface area contributed by atoms with E-state index < -0.39 is 17.6 Å². The fraction of sp³-hybridized carbons (Fsp3) is 0.353. The zero-order chi connectivity index (χ0) is 16.6. The third-order valence-electron chi connectivity index (χ3n) is 3.77. The normalized spacial score (nSPS) is 17.3. The molecule has 23 heavy (non-hydrogen) atoms. The maximum atomic E-state index is 12.5. The summed E-state index contributed by atoms with van der Waals surface area (Å²) >= 11 is 1.50. The van der Waals surface area contributed by atoms with E-state index in [9.17, 15) is 9.59 Å². The Morgan fingerprint density at radius 2 is 2.13 bits per heavy atom. The molecule has 3 rings (SSSR count). The molecule has 0 bridgehead atoms. The molecule has 0 radical (unpaired) electrons. The first-order valence-corrected chi connectivity index (χ1v) is 8.28. The number of ether oxygens (including phenoxy) is 1. The first-order valence-electron chi connectivity index (χ1n) is 7.40. The fourth-order valence-corrected chi connectivity index (χ4v) is 3.44. The minimum Gasteiger partial charge on any atom is -0.448 e. The molecule has 1 aromatic heterocycles. The summed E-state index contributed by atoms with van der Waals surface area (Å²) in [5, 5.41) is 5.71. The number of nitrogens with zero attached hydrogens (tertiary/aromatic N) is 1. The molecular weight excluding hydrogens is 312 g/mol. The highest BCUT2D eigenvalue weighted by molar-refractivity contribution is 7.09. The van der Waals surface area contributed by atoms with Gasteiger partial charge < -0.3 is 10.1 Å². The predicted octanol–water partition coefficient (Wildman–Crippen LogP) is 2.58. The number of rotatable bonds is 3. The van der Waals surface area contributed by atoms with Gasteiger partial charge in [-0.15, -0.1) is 11.3 Å². The summed E-state index contributed by atoms with van der Waals surface area (Å²) in [6.07, 6.45) is -0.418. The van der Waals surface area contributed by atoms with Crippen LogP contribution in [-0.2, 0) is 21.5 Å². The van der Waals surface area contributed by atoms with Crippen LogP contribution in [0.4, 0.5) is 0 Å². The lowest BCUT2D eigenvalue weighted by molar-refractivity contribution is -0.132. The van der Waals surface area contributed by atoms with Crippen LogP contribution in [0, 0.1) is 6.92 Å². The number of esters is 1. The Bertz CT molecular complexity index is 767. The number of hydrogen-bond donors (Lipinski definition) is 1. The standard InChI is InChI=1S/C17H18N2O3S/c1-10-9-23-16(18-10)17(2,3)19-14(20)13-8-11-6-4-5-7-12(11)15(21)22-13/h4-7,9,13H,8H2,1-3H3,(H,19,20)/t13-/m1/s1. The molecule has 1 N–H and O–H groups in total. The number of cyclic esters (lactones) is 1. The van der Waals surface area contributed by atoms with E-state index in [-0.39, 0.29) is 5.91 Å². The molecule has 1 amide bonds. The van der Waals surface area contributed by atoms with Crippen molar-refractivity contribution in [2.24, 2.45) is 0 Å². The minimum atomic E-state index is -0.808. The SMILES string of the molecule is Cc1csc(C(C)(C)NC(=O)[C@H]2Cc3ccccc3C(=O)O2)n1. The van der Waals surface area contributed by atoms with Gasteiger partial charge in [-0.25, -0.2) is 9.78 Å². The number of aromatic nitrogens is 1. The molecule has 0 spiro atoms. The van der Waals surface area contributed by atoms with Crippen LogP contribution in [0.15, 0.2) is 29.6 Å². The van der Waals surface area contributed by atoms with Gasteiger partial charge in [-0.2, -0.15) is 0 Å². The van der Waals surface area contributed by atoms with Gasteiger partial charge in [0.15, 0.2) is 6.10 Å². The van der Waals surface area contributed by atoms with Gasteiger partial charge >= 0.3 is 5.97 Å². The van der Waals surface area contributed by atoms with Gasteiger partial charge in [0.2, 0.25) is 0 Å². The molecule has 0 fully saturated rings. The molecule has 0 saturated carbocycles. The number of benzene rings is 1. The third-order valence-corrected chi connectivity index (χ3v) is 5.06. The Labute approximate surface area is 138 Å². The second-order valence-electron chi connectivity index (χ2n) is 6.16. The lowest BCUT2D eigenvalue weighted by Gasteiger charge is -2.29. The third kappa shape index (κ3) is 3.12. The number of thiazole rings is 1. The Balaban J connectivity index is 1.76. The number of aryl methyl sites for hydroxylation is 1. The van der Waals surface area contributed by atoms with Crippen molar-refractivity contribution >= 4 is 23.2 Å². The Kier molecular flexibility index (Phi) is 3.93. The number of carbonyl (C=O) groups excluding carboxylic acids is 2. The fourth-order valence-electron chi connectivity index (χ4n) is 2.56. The van der Waals surface area contributed by atoms with Crippen LogP contribution in [0.5, 0.6) is 0 Å². The van der Waals surface area contributed by atoms with E-state index in [1.54, 1.807) is 12.1 Å². The molecule has 6 heteroatoms. The quantitative estimate of drug-likeness (QED) is 0.878. The second-order valence-corrected chi connectivity index (χ2v) is 7.02. The van der Waals surface area contributed by atoms with E-state index in [1.165, 1.54) is 11.3 Å². The highest BCUT2D eigenvalue weighted by Gasteiger charge is 2.35. The Hall–Kier alpha value is -2.21. The summed E-state index contributed by atoms with van der Waals surface area (Å²) in [6.45, 7) is 5.70. The molecule has 120 valence electrons. The van der Waals surface area contributed by atoms with Crippen LogP contribution < -0.4 is 5.32 Å². The van der Waals surface area contributed by atoms with E-state index >= 15 is 0 Å². The summed E-state index contributed by atoms with van der Waals surface area (Å²) in [6, 6.07) is 7.21. The molecular formula is C17H18N2O3S. The predicted molar refractivity (Wildman–Crippen MR) is 87.4 cm³/mol. The van der Waals surface area contributed by atoms with E-state index in [0.717, 1.165) is 16.3 Å². The largest absolute Gasteiger partial charge is 0.448 e. The van der Waals surface area contributed by atoms with E-state index in [1.807, 2.05) is 38.3 Å². The van der Waals surface area contributed by atoms with Crippen LogP contribution in [0.1, 0.15) is 40.5 Å². The molecule has 1 atom stereocenters. The van der Waals surface area contributed by atoms with Gasteiger partial charge in [0.1, 0.15) is 5.01 Å². The summed E-state index contributed by atoms with van der Waals surface area (Å²) in [4.78, 5) is 29.0. The van der Waals surface area contributed by atoms with E-state index in [0.29, 0.717) is 12.0 Å². The second kappa shape index (κ2) is 5.77. The Morgan fingerprint density at radius 3 is 2.83 bits per heavy atom. The van der Waals surface area contributed by atoms with Crippen molar-refractivity contribution in [3.63, 3.8) is 0 Å². The summed E-state index contributed by atoms with van der Waals surface area (Å²) in [7, 11) is 0. The average molecular weight is 330 g/mol. The van der Waals surface area contributed by atoms with Crippen molar-refractivity contribution in [3.8, 4) is 0 Å². The number of fused-ring (bicyclic) bond motifs is 1. The first-order chi connectivity index (χ1) is 10.9. The van der Waals surface area contributed by atoms with Crippen molar-refractivity contribution in [2.45, 2.75) is 38.8 Å². The lowest BCUT2D eigenvalue weighted by atomic mass is 9.97. The molecule has 1 aliphatic heterocycles. The number of amides is 1. The minimum absolute atomic E-state index is 0.300. The monoisotopic (exact) mass is 330 g/mol. The van der Waals surface area contributed by atoms with Gasteiger partial charge in [0.25, 0.3) is 5.91 Å². The van der Waals surface area contributed by atoms with Crippen molar-refractivity contribution in [1.29, 1.82) is 0 Å². The zero-order valence-electron chi connectivity index (χ0n) is 13.3. The summed E-state index contributed by atoms with van der Waals surface area (Å²) < 4.78 is 5.29. The van der Waals surface area contributed by atoms with Crippen molar-refractivity contribution in [2.75, 3.05) is 0 Å². The molecule has 1 aromatic carbocycles. The Morgan fingerprint density at radius 1 is 1.39 bits per heavy atom. The molecule has 2 heterocycles. The van der Waals surface area contributed by atoms with Crippen LogP contribution in [-0.4, -0.2) is 23.0 Å². The van der Waals surface area contributed by atoms with Gasteiger partial charge in [-0.05, 0) is 32.4 Å². The molecule has 2 aromatic rings. The van der Waals surface area contributed by atoms with Gasteiger partial charge in [-0.3, -0.25) is 4.79 Å². The number of nitrogens with one attached hydrogen (secondary N) is 1. The molecule has 5 nitrogen and oxygen atoms in total. The average Bonchev–Trinajstić information content (AvgIpc) is 2.94. The smallest absolute Gasteiger partial charge is 0.339 e. The lowest BCUT2D eigenvalue weighted by Crippen LogP contribution is -2.49. The number of hydrogen-bond acceptors (Lipinski definition) is 5. The summed E-state index contributed by atoms with van der Waals surface area (Å²) in [5.74, 6) is -0.749. The van der Waals surface area contributed by atoms with Gasteiger partial charge in [-0.1, -0.05) is 18.2 Å².